The van der Waals surface area contributed by atoms with Gasteiger partial charge in [0.05, 0.1) is 19.6 Å². The third-order valence-corrected chi connectivity index (χ3v) is 4.45. The molecule has 2 rings (SSSR count). The van der Waals surface area contributed by atoms with Crippen molar-refractivity contribution in [2.24, 2.45) is 0 Å². The Balaban J connectivity index is 2.01. The van der Waals surface area contributed by atoms with Crippen molar-refractivity contribution in [3.05, 3.63) is 0 Å². The molecule has 22 heavy (non-hydrogen) atoms. The van der Waals surface area contributed by atoms with Gasteiger partial charge in [-0.05, 0) is 19.3 Å². The van der Waals surface area contributed by atoms with Gasteiger partial charge in [0.25, 0.3) is 0 Å². The van der Waals surface area contributed by atoms with E-state index in [2.05, 4.69) is 20.8 Å². The van der Waals surface area contributed by atoms with Gasteiger partial charge in [0.1, 0.15) is 12.1 Å². The Morgan fingerprint density at radius 1 is 1.18 bits per heavy atom. The fraction of sp³-hybridized carbons (Fsp3) is 0.941. The molecule has 2 aliphatic heterocycles. The number of ether oxygens (including phenoxy) is 3. The summed E-state index contributed by atoms with van der Waals surface area (Å²) in [5, 5.41) is 0. The number of hydrogen-bond acceptors (Lipinski definition) is 4. The van der Waals surface area contributed by atoms with Crippen LogP contribution in [-0.2, 0) is 19.0 Å². The molecule has 3 atom stereocenters. The summed E-state index contributed by atoms with van der Waals surface area (Å²) >= 11 is 0. The van der Waals surface area contributed by atoms with Crippen LogP contribution in [0, 0.1) is 0 Å². The quantitative estimate of drug-likeness (QED) is 0.435. The van der Waals surface area contributed by atoms with E-state index in [9.17, 15) is 4.79 Å². The fourth-order valence-corrected chi connectivity index (χ4v) is 3.10. The SMILES string of the molecule is CCCCOCC1N(CCC)C(=O)CC2OC21OCCCC. The van der Waals surface area contributed by atoms with Crippen molar-refractivity contribution < 1.29 is 19.0 Å². The zero-order chi connectivity index (χ0) is 16.0. The van der Waals surface area contributed by atoms with Crippen LogP contribution < -0.4 is 0 Å². The number of piperidine rings is 1. The Morgan fingerprint density at radius 2 is 1.91 bits per heavy atom. The van der Waals surface area contributed by atoms with Gasteiger partial charge in [-0.1, -0.05) is 33.6 Å². The van der Waals surface area contributed by atoms with Gasteiger partial charge in [0, 0.05) is 13.2 Å². The lowest BCUT2D eigenvalue weighted by atomic mass is 9.98. The molecular formula is C17H31NO4. The number of nitrogens with zero attached hydrogens (tertiary/aromatic N) is 1. The highest BCUT2D eigenvalue weighted by molar-refractivity contribution is 5.79. The van der Waals surface area contributed by atoms with Gasteiger partial charge in [-0.25, -0.2) is 0 Å². The van der Waals surface area contributed by atoms with Crippen LogP contribution in [0.2, 0.25) is 0 Å². The molecule has 2 aliphatic rings. The molecule has 5 nitrogen and oxygen atoms in total. The van der Waals surface area contributed by atoms with Crippen molar-refractivity contribution in [1.29, 1.82) is 0 Å². The highest BCUT2D eigenvalue weighted by atomic mass is 16.8. The third-order valence-electron chi connectivity index (χ3n) is 4.45. The second kappa shape index (κ2) is 8.27. The molecule has 3 unspecified atom stereocenters. The number of carbonyl (C=O) groups is 1. The number of epoxide rings is 1. The summed E-state index contributed by atoms with van der Waals surface area (Å²) in [4.78, 5) is 14.2. The second-order valence-electron chi connectivity index (χ2n) is 6.27. The molecule has 0 aliphatic carbocycles. The Kier molecular flexibility index (Phi) is 6.66. The maximum atomic E-state index is 12.3. The van der Waals surface area contributed by atoms with Crippen LogP contribution in [0.15, 0.2) is 0 Å². The zero-order valence-electron chi connectivity index (χ0n) is 14.3. The number of hydrogen-bond donors (Lipinski definition) is 0. The van der Waals surface area contributed by atoms with Gasteiger partial charge in [-0.15, -0.1) is 0 Å². The Morgan fingerprint density at radius 3 is 2.59 bits per heavy atom. The van der Waals surface area contributed by atoms with E-state index >= 15 is 0 Å². The maximum absolute atomic E-state index is 12.3. The van der Waals surface area contributed by atoms with Crippen LogP contribution in [0.4, 0.5) is 0 Å². The normalized spacial score (nSPS) is 30.5. The molecule has 0 aromatic rings. The molecule has 0 saturated carbocycles. The number of amides is 1. The standard InChI is InChI=1S/C17H31NO4/c1-4-7-10-20-13-14-17(21-11-8-5-2)15(22-17)12-16(19)18(14)9-6-3/h14-15H,4-13H2,1-3H3. The summed E-state index contributed by atoms with van der Waals surface area (Å²) in [7, 11) is 0. The first-order valence-corrected chi connectivity index (χ1v) is 8.88. The number of likely N-dealkylation sites (tertiary alicyclic amines) is 1. The van der Waals surface area contributed by atoms with Gasteiger partial charge in [0.15, 0.2) is 0 Å². The van der Waals surface area contributed by atoms with E-state index in [-0.39, 0.29) is 18.1 Å². The minimum atomic E-state index is -0.607. The molecular weight excluding hydrogens is 282 g/mol. The van der Waals surface area contributed by atoms with Gasteiger partial charge in [0.2, 0.25) is 11.7 Å². The van der Waals surface area contributed by atoms with E-state index in [1.807, 2.05) is 4.90 Å². The van der Waals surface area contributed by atoms with Crippen molar-refractivity contribution in [2.75, 3.05) is 26.4 Å². The van der Waals surface area contributed by atoms with Gasteiger partial charge in [-0.2, -0.15) is 0 Å². The van der Waals surface area contributed by atoms with E-state index < -0.39 is 5.79 Å². The molecule has 2 heterocycles. The topological polar surface area (TPSA) is 51.3 Å². The minimum absolute atomic E-state index is 0.0789. The van der Waals surface area contributed by atoms with Crippen LogP contribution in [-0.4, -0.2) is 55.1 Å². The first-order valence-electron chi connectivity index (χ1n) is 8.88. The summed E-state index contributed by atoms with van der Waals surface area (Å²) in [6.07, 6.45) is 5.57. The summed E-state index contributed by atoms with van der Waals surface area (Å²) in [5.41, 5.74) is 0. The monoisotopic (exact) mass is 313 g/mol. The van der Waals surface area contributed by atoms with Crippen LogP contribution in [0.1, 0.15) is 59.3 Å². The molecule has 0 radical (unpaired) electrons. The van der Waals surface area contributed by atoms with Crippen molar-refractivity contribution in [1.82, 2.24) is 4.90 Å². The zero-order valence-corrected chi connectivity index (χ0v) is 14.3. The van der Waals surface area contributed by atoms with Gasteiger partial charge in [-0.3, -0.25) is 4.79 Å². The summed E-state index contributed by atoms with van der Waals surface area (Å²) in [6.45, 7) is 9.05. The first-order chi connectivity index (χ1) is 10.7. The smallest absolute Gasteiger partial charge is 0.225 e. The average molecular weight is 313 g/mol. The molecule has 0 bridgehead atoms. The minimum Gasteiger partial charge on any atom is -0.379 e. The molecule has 0 aromatic heterocycles. The van der Waals surface area contributed by atoms with Crippen molar-refractivity contribution in [2.45, 2.75) is 77.2 Å². The Labute approximate surface area is 134 Å². The lowest BCUT2D eigenvalue weighted by molar-refractivity contribution is -0.157. The van der Waals surface area contributed by atoms with Crippen molar-refractivity contribution in [3.8, 4) is 0 Å². The predicted molar refractivity (Wildman–Crippen MR) is 84.6 cm³/mol. The highest BCUT2D eigenvalue weighted by Crippen LogP contribution is 2.48. The van der Waals surface area contributed by atoms with Crippen LogP contribution in [0.3, 0.4) is 0 Å². The Hall–Kier alpha value is -0.650. The molecule has 128 valence electrons. The lowest BCUT2D eigenvalue weighted by Gasteiger charge is -2.38. The molecule has 0 aromatic carbocycles. The lowest BCUT2D eigenvalue weighted by Crippen LogP contribution is -2.57. The molecule has 2 saturated heterocycles. The summed E-state index contributed by atoms with van der Waals surface area (Å²) in [5.74, 6) is -0.437. The van der Waals surface area contributed by atoms with Crippen molar-refractivity contribution >= 4 is 5.91 Å². The predicted octanol–water partition coefficient (Wildman–Crippen LogP) is 2.73. The van der Waals surface area contributed by atoms with Crippen LogP contribution in [0.25, 0.3) is 0 Å². The van der Waals surface area contributed by atoms with E-state index in [4.69, 9.17) is 14.2 Å². The molecule has 1 amide bonds. The number of carbonyl (C=O) groups excluding carboxylic acids is 1. The van der Waals surface area contributed by atoms with Crippen LogP contribution >= 0.6 is 0 Å². The molecule has 0 spiro atoms. The van der Waals surface area contributed by atoms with Gasteiger partial charge >= 0.3 is 0 Å². The number of unbranched alkanes of at least 4 members (excludes halogenated alkanes) is 2. The van der Waals surface area contributed by atoms with E-state index in [0.717, 1.165) is 45.3 Å². The Bertz CT molecular complexity index is 363. The fourth-order valence-electron chi connectivity index (χ4n) is 3.10. The van der Waals surface area contributed by atoms with E-state index in [0.29, 0.717) is 19.6 Å². The highest BCUT2D eigenvalue weighted by Gasteiger charge is 2.68. The van der Waals surface area contributed by atoms with Gasteiger partial charge < -0.3 is 19.1 Å². The number of fused-ring (bicyclic) bond motifs is 1. The summed E-state index contributed by atoms with van der Waals surface area (Å²) < 4.78 is 17.8. The third kappa shape index (κ3) is 3.81. The van der Waals surface area contributed by atoms with E-state index in [1.54, 1.807) is 0 Å². The average Bonchev–Trinajstić information content (AvgIpc) is 3.20. The maximum Gasteiger partial charge on any atom is 0.225 e. The molecule has 2 fully saturated rings. The second-order valence-corrected chi connectivity index (χ2v) is 6.27. The van der Waals surface area contributed by atoms with Crippen molar-refractivity contribution in [3.63, 3.8) is 0 Å². The first kappa shape index (κ1) is 17.7. The summed E-state index contributed by atoms with van der Waals surface area (Å²) in [6, 6.07) is -0.104. The largest absolute Gasteiger partial charge is 0.379 e. The molecule has 0 N–H and O–H groups in total. The van der Waals surface area contributed by atoms with Crippen LogP contribution in [0.5, 0.6) is 0 Å². The number of rotatable bonds is 11. The molecule has 5 heteroatoms. The van der Waals surface area contributed by atoms with E-state index in [1.165, 1.54) is 0 Å².